The molecular weight excluding hydrogens is 246 g/mol. The van der Waals surface area contributed by atoms with Crippen molar-refractivity contribution in [2.75, 3.05) is 33.5 Å². The summed E-state index contributed by atoms with van der Waals surface area (Å²) in [4.78, 5) is 0. The number of rotatable bonds is 7. The highest BCUT2D eigenvalue weighted by Gasteiger charge is 2.29. The maximum Gasteiger partial charge on any atom is 0.165 e. The zero-order valence-corrected chi connectivity index (χ0v) is 11.8. The molecule has 7 nitrogen and oxygen atoms in total. The first-order valence-corrected chi connectivity index (χ1v) is 6.76. The molecule has 0 spiro atoms. The second kappa shape index (κ2) is 6.93. The molecular formula is C12H23N5O2. The summed E-state index contributed by atoms with van der Waals surface area (Å²) in [7, 11) is 1.69. The fraction of sp³-hybridized carbons (Fsp3) is 0.917. The van der Waals surface area contributed by atoms with E-state index in [1.54, 1.807) is 7.11 Å². The summed E-state index contributed by atoms with van der Waals surface area (Å²) in [5, 5.41) is 15.2. The van der Waals surface area contributed by atoms with Crippen molar-refractivity contribution in [1.29, 1.82) is 0 Å². The predicted octanol–water partition coefficient (Wildman–Crippen LogP) is 0.226. The third-order valence-electron chi connectivity index (χ3n) is 3.60. The topological polar surface area (TPSA) is 74.1 Å². The van der Waals surface area contributed by atoms with E-state index < -0.39 is 0 Å². The van der Waals surface area contributed by atoms with Gasteiger partial charge in [-0.3, -0.25) is 0 Å². The number of nitrogens with zero attached hydrogens (tertiary/aromatic N) is 4. The van der Waals surface area contributed by atoms with Gasteiger partial charge in [-0.15, -0.1) is 5.10 Å². The van der Waals surface area contributed by atoms with Crippen molar-refractivity contribution in [2.24, 2.45) is 5.41 Å². The molecule has 19 heavy (non-hydrogen) atoms. The minimum atomic E-state index is 0.231. The molecule has 108 valence electrons. The molecule has 0 saturated carbocycles. The van der Waals surface area contributed by atoms with Crippen molar-refractivity contribution in [3.63, 3.8) is 0 Å². The van der Waals surface area contributed by atoms with Crippen LogP contribution in [0, 0.1) is 5.41 Å². The van der Waals surface area contributed by atoms with E-state index in [2.05, 4.69) is 27.8 Å². The fourth-order valence-corrected chi connectivity index (χ4v) is 2.23. The molecule has 0 atom stereocenters. The number of hydrogen-bond donors (Lipinski definition) is 1. The summed E-state index contributed by atoms with van der Waals surface area (Å²) >= 11 is 0. The molecule has 2 heterocycles. The molecule has 0 aromatic carbocycles. The molecule has 0 amide bonds. The standard InChI is InChI=1S/C12H23N5O2/c1-12(3-6-19-7-4-12)10-17-11(14-15-16-17)9-13-5-8-18-2/h13H,3-10H2,1-2H3. The first-order valence-electron chi connectivity index (χ1n) is 6.76. The average molecular weight is 269 g/mol. The molecule has 0 unspecified atom stereocenters. The summed E-state index contributed by atoms with van der Waals surface area (Å²) in [6.45, 7) is 6.96. The summed E-state index contributed by atoms with van der Waals surface area (Å²) in [5.41, 5.74) is 0.231. The Morgan fingerprint density at radius 3 is 2.95 bits per heavy atom. The lowest BCUT2D eigenvalue weighted by molar-refractivity contribution is 0.0131. The molecule has 0 radical (unpaired) electrons. The van der Waals surface area contributed by atoms with E-state index in [1.165, 1.54) is 0 Å². The third kappa shape index (κ3) is 4.22. The van der Waals surface area contributed by atoms with Gasteiger partial charge in [-0.25, -0.2) is 4.68 Å². The van der Waals surface area contributed by atoms with Crippen molar-refractivity contribution in [3.8, 4) is 0 Å². The van der Waals surface area contributed by atoms with Gasteiger partial charge in [0.15, 0.2) is 5.82 Å². The SMILES string of the molecule is COCCNCc1nnnn1CC1(C)CCOCC1. The summed E-state index contributed by atoms with van der Waals surface area (Å²) in [6.07, 6.45) is 2.12. The van der Waals surface area contributed by atoms with E-state index in [0.29, 0.717) is 13.2 Å². The molecule has 0 aliphatic carbocycles. The van der Waals surface area contributed by atoms with Gasteiger partial charge in [-0.05, 0) is 28.7 Å². The van der Waals surface area contributed by atoms with Crippen LogP contribution in [-0.2, 0) is 22.6 Å². The number of methoxy groups -OCH3 is 1. The second-order valence-electron chi connectivity index (χ2n) is 5.35. The van der Waals surface area contributed by atoms with Crippen LogP contribution < -0.4 is 5.32 Å². The van der Waals surface area contributed by atoms with Crippen LogP contribution in [0.1, 0.15) is 25.6 Å². The van der Waals surface area contributed by atoms with Crippen molar-refractivity contribution in [2.45, 2.75) is 32.9 Å². The molecule has 0 bridgehead atoms. The fourth-order valence-electron chi connectivity index (χ4n) is 2.23. The molecule has 1 aromatic heterocycles. The van der Waals surface area contributed by atoms with Gasteiger partial charge in [-0.1, -0.05) is 6.92 Å². The Labute approximate surface area is 113 Å². The number of aromatic nitrogens is 4. The van der Waals surface area contributed by atoms with Crippen molar-refractivity contribution < 1.29 is 9.47 Å². The molecule has 2 rings (SSSR count). The van der Waals surface area contributed by atoms with E-state index in [4.69, 9.17) is 9.47 Å². The largest absolute Gasteiger partial charge is 0.383 e. The zero-order valence-electron chi connectivity index (χ0n) is 11.8. The lowest BCUT2D eigenvalue weighted by Gasteiger charge is -2.33. The van der Waals surface area contributed by atoms with Crippen LogP contribution in [-0.4, -0.2) is 53.7 Å². The van der Waals surface area contributed by atoms with Gasteiger partial charge in [0.05, 0.1) is 19.7 Å². The summed E-state index contributed by atoms with van der Waals surface area (Å²) in [6, 6.07) is 0. The number of hydrogen-bond acceptors (Lipinski definition) is 6. The van der Waals surface area contributed by atoms with Gasteiger partial charge < -0.3 is 14.8 Å². The van der Waals surface area contributed by atoms with E-state index in [1.807, 2.05) is 4.68 Å². The lowest BCUT2D eigenvalue weighted by atomic mass is 9.82. The van der Waals surface area contributed by atoms with Crippen molar-refractivity contribution in [3.05, 3.63) is 5.82 Å². The van der Waals surface area contributed by atoms with Crippen LogP contribution in [0.4, 0.5) is 0 Å². The highest BCUT2D eigenvalue weighted by Crippen LogP contribution is 2.31. The van der Waals surface area contributed by atoms with E-state index >= 15 is 0 Å². The number of tetrazole rings is 1. The Morgan fingerprint density at radius 1 is 1.42 bits per heavy atom. The Kier molecular flexibility index (Phi) is 5.24. The molecule has 1 fully saturated rings. The van der Waals surface area contributed by atoms with E-state index in [-0.39, 0.29) is 5.41 Å². The maximum atomic E-state index is 5.42. The average Bonchev–Trinajstić information content (AvgIpc) is 2.82. The minimum Gasteiger partial charge on any atom is -0.383 e. The van der Waals surface area contributed by atoms with Crippen molar-refractivity contribution >= 4 is 0 Å². The highest BCUT2D eigenvalue weighted by atomic mass is 16.5. The number of ether oxygens (including phenoxy) is 2. The molecule has 1 aliphatic rings. The Bertz CT molecular complexity index is 376. The van der Waals surface area contributed by atoms with Gasteiger partial charge in [0.1, 0.15) is 0 Å². The Balaban J connectivity index is 1.87. The summed E-state index contributed by atoms with van der Waals surface area (Å²) in [5.74, 6) is 0.879. The first kappa shape index (κ1) is 14.4. The van der Waals surface area contributed by atoms with E-state index in [0.717, 1.165) is 45.0 Å². The van der Waals surface area contributed by atoms with Gasteiger partial charge in [0, 0.05) is 26.9 Å². The quantitative estimate of drug-likeness (QED) is 0.714. The van der Waals surface area contributed by atoms with Crippen LogP contribution in [0.2, 0.25) is 0 Å². The zero-order chi connectivity index (χ0) is 13.6. The highest BCUT2D eigenvalue weighted by molar-refractivity contribution is 4.85. The lowest BCUT2D eigenvalue weighted by Crippen LogP contribution is -2.32. The van der Waals surface area contributed by atoms with E-state index in [9.17, 15) is 0 Å². The van der Waals surface area contributed by atoms with Gasteiger partial charge in [-0.2, -0.15) is 0 Å². The third-order valence-corrected chi connectivity index (χ3v) is 3.60. The van der Waals surface area contributed by atoms with Crippen molar-refractivity contribution in [1.82, 2.24) is 25.5 Å². The molecule has 1 saturated heterocycles. The molecule has 1 aliphatic heterocycles. The summed E-state index contributed by atoms with van der Waals surface area (Å²) < 4.78 is 12.3. The monoisotopic (exact) mass is 269 g/mol. The normalized spacial score (nSPS) is 18.6. The molecule has 1 N–H and O–H groups in total. The second-order valence-corrected chi connectivity index (χ2v) is 5.35. The Hall–Kier alpha value is -1.05. The van der Waals surface area contributed by atoms with Gasteiger partial charge >= 0.3 is 0 Å². The van der Waals surface area contributed by atoms with Crippen LogP contribution >= 0.6 is 0 Å². The molecule has 1 aromatic rings. The number of nitrogens with one attached hydrogen (secondary N) is 1. The smallest absolute Gasteiger partial charge is 0.165 e. The van der Waals surface area contributed by atoms with Crippen LogP contribution in [0.3, 0.4) is 0 Å². The molecule has 7 heteroatoms. The maximum absolute atomic E-state index is 5.42. The van der Waals surface area contributed by atoms with Crippen LogP contribution in [0.25, 0.3) is 0 Å². The van der Waals surface area contributed by atoms with Crippen LogP contribution in [0.5, 0.6) is 0 Å². The van der Waals surface area contributed by atoms with Gasteiger partial charge in [0.2, 0.25) is 0 Å². The van der Waals surface area contributed by atoms with Crippen LogP contribution in [0.15, 0.2) is 0 Å². The minimum absolute atomic E-state index is 0.231. The Morgan fingerprint density at radius 2 is 2.21 bits per heavy atom. The first-order chi connectivity index (χ1) is 9.23. The predicted molar refractivity (Wildman–Crippen MR) is 69.6 cm³/mol. The van der Waals surface area contributed by atoms with Gasteiger partial charge in [0.25, 0.3) is 0 Å².